The summed E-state index contributed by atoms with van der Waals surface area (Å²) >= 11 is 6.19. The predicted octanol–water partition coefficient (Wildman–Crippen LogP) is 5.18. The van der Waals surface area contributed by atoms with Crippen LogP contribution in [0.4, 0.5) is 11.4 Å². The van der Waals surface area contributed by atoms with E-state index in [1.807, 2.05) is 20.8 Å². The number of amides is 2. The molecule has 0 atom stereocenters. The second-order valence-electron chi connectivity index (χ2n) is 8.95. The molecule has 9 heteroatoms. The van der Waals surface area contributed by atoms with Gasteiger partial charge in [-0.1, -0.05) is 61.3 Å². The Kier molecular flexibility index (Phi) is 8.76. The van der Waals surface area contributed by atoms with Crippen molar-refractivity contribution in [3.05, 3.63) is 88.4 Å². The van der Waals surface area contributed by atoms with E-state index < -0.39 is 22.5 Å². The maximum absolute atomic E-state index is 13.7. The Morgan fingerprint density at radius 3 is 2.31 bits per heavy atom. The summed E-state index contributed by atoms with van der Waals surface area (Å²) in [6.07, 6.45) is 0. The Labute approximate surface area is 217 Å². The summed E-state index contributed by atoms with van der Waals surface area (Å²) < 4.78 is 28.4. The highest BCUT2D eigenvalue weighted by atomic mass is 35.5. The molecule has 0 spiro atoms. The lowest BCUT2D eigenvalue weighted by Gasteiger charge is -2.26. The highest BCUT2D eigenvalue weighted by molar-refractivity contribution is 7.92. The van der Waals surface area contributed by atoms with Crippen molar-refractivity contribution >= 4 is 44.8 Å². The first kappa shape index (κ1) is 27.2. The van der Waals surface area contributed by atoms with Crippen molar-refractivity contribution in [1.29, 1.82) is 0 Å². The molecule has 3 rings (SSSR count). The van der Waals surface area contributed by atoms with E-state index in [-0.39, 0.29) is 16.7 Å². The van der Waals surface area contributed by atoms with Crippen molar-refractivity contribution < 1.29 is 18.0 Å². The molecule has 2 amide bonds. The van der Waals surface area contributed by atoms with E-state index in [1.165, 1.54) is 18.2 Å². The summed E-state index contributed by atoms with van der Waals surface area (Å²) in [7, 11) is -4.11. The predicted molar refractivity (Wildman–Crippen MR) is 144 cm³/mol. The quantitative estimate of drug-likeness (QED) is 0.401. The first-order valence-corrected chi connectivity index (χ1v) is 13.3. The third-order valence-electron chi connectivity index (χ3n) is 5.45. The highest BCUT2D eigenvalue weighted by Crippen LogP contribution is 2.30. The van der Waals surface area contributed by atoms with E-state index in [4.69, 9.17) is 11.6 Å². The number of nitrogens with one attached hydrogen (secondary N) is 2. The molecule has 0 saturated heterocycles. The fourth-order valence-electron chi connectivity index (χ4n) is 3.49. The van der Waals surface area contributed by atoms with E-state index in [1.54, 1.807) is 55.5 Å². The van der Waals surface area contributed by atoms with Crippen molar-refractivity contribution in [2.45, 2.75) is 32.6 Å². The van der Waals surface area contributed by atoms with E-state index in [9.17, 15) is 18.0 Å². The maximum atomic E-state index is 13.7. The number of para-hydroxylation sites is 1. The SMILES string of the molecule is Cc1ccc(S(=O)(=O)N(CC(=O)Nc2ccccc2C(=O)NCC(C)C)c2cc(Cl)ccc2C)cc1. The van der Waals surface area contributed by atoms with E-state index in [2.05, 4.69) is 10.6 Å². The van der Waals surface area contributed by atoms with Crippen LogP contribution in [0.25, 0.3) is 0 Å². The van der Waals surface area contributed by atoms with Gasteiger partial charge in [0.2, 0.25) is 5.91 Å². The summed E-state index contributed by atoms with van der Waals surface area (Å²) in [5, 5.41) is 5.88. The molecule has 0 saturated carbocycles. The Morgan fingerprint density at radius 2 is 1.64 bits per heavy atom. The van der Waals surface area contributed by atoms with Crippen molar-refractivity contribution in [2.24, 2.45) is 5.92 Å². The second kappa shape index (κ2) is 11.6. The number of nitrogens with zero attached hydrogens (tertiary/aromatic N) is 1. The molecule has 0 bridgehead atoms. The van der Waals surface area contributed by atoms with E-state index >= 15 is 0 Å². The zero-order chi connectivity index (χ0) is 26.5. The van der Waals surface area contributed by atoms with Gasteiger partial charge in [0.1, 0.15) is 6.54 Å². The first-order chi connectivity index (χ1) is 17.0. The van der Waals surface area contributed by atoms with Gasteiger partial charge in [-0.25, -0.2) is 8.42 Å². The van der Waals surface area contributed by atoms with Gasteiger partial charge in [-0.15, -0.1) is 0 Å². The average Bonchev–Trinajstić information content (AvgIpc) is 2.83. The first-order valence-electron chi connectivity index (χ1n) is 11.5. The molecular weight excluding hydrogens is 498 g/mol. The molecule has 7 nitrogen and oxygen atoms in total. The van der Waals surface area contributed by atoms with Crippen molar-refractivity contribution in [1.82, 2.24) is 5.32 Å². The molecule has 0 heterocycles. The van der Waals surface area contributed by atoms with Crippen LogP contribution in [-0.2, 0) is 14.8 Å². The van der Waals surface area contributed by atoms with Crippen LogP contribution in [0.15, 0.2) is 71.6 Å². The number of aryl methyl sites for hydroxylation is 2. The van der Waals surface area contributed by atoms with Crippen LogP contribution in [-0.4, -0.2) is 33.3 Å². The van der Waals surface area contributed by atoms with E-state index in [0.717, 1.165) is 9.87 Å². The van der Waals surface area contributed by atoms with Crippen molar-refractivity contribution in [3.63, 3.8) is 0 Å². The Bertz CT molecular complexity index is 1360. The van der Waals surface area contributed by atoms with Crippen LogP contribution in [0, 0.1) is 19.8 Å². The van der Waals surface area contributed by atoms with E-state index in [0.29, 0.717) is 34.1 Å². The Balaban J connectivity index is 1.94. The number of sulfonamides is 1. The molecule has 0 aliphatic rings. The number of hydrogen-bond acceptors (Lipinski definition) is 4. The zero-order valence-corrected chi connectivity index (χ0v) is 22.3. The molecule has 0 aliphatic heterocycles. The van der Waals surface area contributed by atoms with Crippen LogP contribution in [0.3, 0.4) is 0 Å². The summed E-state index contributed by atoms with van der Waals surface area (Å²) in [5.41, 5.74) is 2.42. The van der Waals surface area contributed by atoms with Crippen LogP contribution in [0.5, 0.6) is 0 Å². The van der Waals surface area contributed by atoms with Gasteiger partial charge in [0, 0.05) is 11.6 Å². The molecule has 36 heavy (non-hydrogen) atoms. The summed E-state index contributed by atoms with van der Waals surface area (Å²) in [6.45, 7) is 7.54. The molecule has 3 aromatic rings. The monoisotopic (exact) mass is 527 g/mol. The summed E-state index contributed by atoms with van der Waals surface area (Å²) in [4.78, 5) is 25.9. The lowest BCUT2D eigenvalue weighted by atomic mass is 10.1. The van der Waals surface area contributed by atoms with Crippen LogP contribution in [0.2, 0.25) is 5.02 Å². The summed E-state index contributed by atoms with van der Waals surface area (Å²) in [6, 6.07) is 17.9. The van der Waals surface area contributed by atoms with Crippen molar-refractivity contribution in [3.8, 4) is 0 Å². The van der Waals surface area contributed by atoms with Gasteiger partial charge in [0.05, 0.1) is 21.8 Å². The minimum Gasteiger partial charge on any atom is -0.352 e. The van der Waals surface area contributed by atoms with Gasteiger partial charge in [-0.2, -0.15) is 0 Å². The fourth-order valence-corrected chi connectivity index (χ4v) is 5.13. The number of anilines is 2. The molecule has 0 unspecified atom stereocenters. The van der Waals surface area contributed by atoms with Gasteiger partial charge in [-0.05, 0) is 61.7 Å². The van der Waals surface area contributed by atoms with Crippen LogP contribution >= 0.6 is 11.6 Å². The molecular formula is C27H30ClN3O4S. The minimum atomic E-state index is -4.11. The number of carbonyl (C=O) groups is 2. The number of hydrogen-bond donors (Lipinski definition) is 2. The zero-order valence-electron chi connectivity index (χ0n) is 20.7. The number of carbonyl (C=O) groups excluding carboxylic acids is 2. The number of halogens is 1. The topological polar surface area (TPSA) is 95.6 Å². The van der Waals surface area contributed by atoms with Crippen LogP contribution in [0.1, 0.15) is 35.3 Å². The maximum Gasteiger partial charge on any atom is 0.264 e. The number of benzene rings is 3. The molecule has 0 radical (unpaired) electrons. The highest BCUT2D eigenvalue weighted by Gasteiger charge is 2.29. The second-order valence-corrected chi connectivity index (χ2v) is 11.3. The van der Waals surface area contributed by atoms with Gasteiger partial charge < -0.3 is 10.6 Å². The normalized spacial score (nSPS) is 11.3. The van der Waals surface area contributed by atoms with Gasteiger partial charge in [0.15, 0.2) is 0 Å². The molecule has 190 valence electrons. The Morgan fingerprint density at radius 1 is 0.972 bits per heavy atom. The van der Waals surface area contributed by atoms with Gasteiger partial charge in [-0.3, -0.25) is 13.9 Å². The molecule has 0 fully saturated rings. The Hall–Kier alpha value is -3.36. The lowest BCUT2D eigenvalue weighted by molar-refractivity contribution is -0.114. The minimum absolute atomic E-state index is 0.0498. The lowest BCUT2D eigenvalue weighted by Crippen LogP contribution is -2.39. The van der Waals surface area contributed by atoms with Gasteiger partial charge in [0.25, 0.3) is 15.9 Å². The third kappa shape index (κ3) is 6.65. The van der Waals surface area contributed by atoms with Crippen molar-refractivity contribution in [2.75, 3.05) is 22.7 Å². The molecule has 0 aliphatic carbocycles. The largest absolute Gasteiger partial charge is 0.352 e. The standard InChI is InChI=1S/C27H30ClN3O4S/c1-18(2)16-29-27(33)23-7-5-6-8-24(23)30-26(32)17-31(25-15-21(28)12-11-20(25)4)36(34,35)22-13-9-19(3)10-14-22/h5-15,18H,16-17H2,1-4H3,(H,29,33)(H,30,32). The summed E-state index contributed by atoms with van der Waals surface area (Å²) in [5.74, 6) is -0.666. The average molecular weight is 528 g/mol. The van der Waals surface area contributed by atoms with Crippen LogP contribution < -0.4 is 14.9 Å². The molecule has 3 aromatic carbocycles. The van der Waals surface area contributed by atoms with Gasteiger partial charge >= 0.3 is 0 Å². The molecule has 2 N–H and O–H groups in total. The smallest absolute Gasteiger partial charge is 0.264 e. The number of rotatable bonds is 9. The fraction of sp³-hybridized carbons (Fsp3) is 0.259. The third-order valence-corrected chi connectivity index (χ3v) is 7.46. The molecule has 0 aromatic heterocycles.